The molecule has 0 unspecified atom stereocenters. The van der Waals surface area contributed by atoms with Crippen molar-refractivity contribution in [3.63, 3.8) is 0 Å². The van der Waals surface area contributed by atoms with Gasteiger partial charge in [0.05, 0.1) is 13.1 Å². The maximum Gasteiger partial charge on any atom is 0.414 e. The number of carbonyl (C=O) groups excluding carboxylic acids is 2. The number of hydrogen-bond acceptors (Lipinski definition) is 3. The van der Waals surface area contributed by atoms with Gasteiger partial charge in [0.15, 0.2) is 0 Å². The van der Waals surface area contributed by atoms with Crippen molar-refractivity contribution in [3.8, 4) is 0 Å². The van der Waals surface area contributed by atoms with E-state index in [1.54, 1.807) is 0 Å². The molecule has 0 radical (unpaired) electrons. The van der Waals surface area contributed by atoms with Crippen molar-refractivity contribution in [2.75, 3.05) is 23.3 Å². The molecule has 28 heavy (non-hydrogen) atoms. The fraction of sp³-hybridized carbons (Fsp3) is 0.333. The Kier molecular flexibility index (Phi) is 5.53. The minimum atomic E-state index is -0.517. The Morgan fingerprint density at radius 2 is 1.79 bits per heavy atom. The number of ether oxygens (including phenoxy) is 1. The zero-order chi connectivity index (χ0) is 20.3. The van der Waals surface area contributed by atoms with E-state index in [-0.39, 0.29) is 30.4 Å². The van der Waals surface area contributed by atoms with Gasteiger partial charge in [-0.3, -0.25) is 4.90 Å². The average molecular weight is 385 g/mol. The summed E-state index contributed by atoms with van der Waals surface area (Å²) >= 11 is 0. The molecule has 3 rings (SSSR count). The van der Waals surface area contributed by atoms with Gasteiger partial charge < -0.3 is 15.4 Å². The number of anilines is 2. The lowest BCUT2D eigenvalue weighted by Gasteiger charge is -2.19. The number of benzene rings is 2. The third-order valence-electron chi connectivity index (χ3n) is 4.51. The predicted molar refractivity (Wildman–Crippen MR) is 106 cm³/mol. The molecule has 0 aromatic heterocycles. The lowest BCUT2D eigenvalue weighted by atomic mass is 9.87. The number of halogens is 1. The van der Waals surface area contributed by atoms with Crippen molar-refractivity contribution >= 4 is 23.5 Å². The Morgan fingerprint density at radius 1 is 1.14 bits per heavy atom. The van der Waals surface area contributed by atoms with E-state index in [0.717, 1.165) is 0 Å². The van der Waals surface area contributed by atoms with Crippen LogP contribution in [0.3, 0.4) is 0 Å². The van der Waals surface area contributed by atoms with Crippen LogP contribution >= 0.6 is 0 Å². The zero-order valence-corrected chi connectivity index (χ0v) is 16.2. The molecule has 1 aliphatic rings. The van der Waals surface area contributed by atoms with Gasteiger partial charge in [0.2, 0.25) is 0 Å². The number of amides is 3. The fourth-order valence-electron chi connectivity index (χ4n) is 2.90. The lowest BCUT2D eigenvalue weighted by molar-refractivity contribution is 0.141. The zero-order valence-electron chi connectivity index (χ0n) is 16.2. The van der Waals surface area contributed by atoms with Gasteiger partial charge >= 0.3 is 12.1 Å². The molecule has 7 heteroatoms. The molecular formula is C21H24FN3O3. The van der Waals surface area contributed by atoms with Crippen LogP contribution in [0.15, 0.2) is 48.5 Å². The summed E-state index contributed by atoms with van der Waals surface area (Å²) in [7, 11) is 0. The van der Waals surface area contributed by atoms with Gasteiger partial charge in [-0.2, -0.15) is 0 Å². The largest absolute Gasteiger partial charge is 0.442 e. The van der Waals surface area contributed by atoms with E-state index in [2.05, 4.69) is 31.4 Å². The molecule has 2 aromatic carbocycles. The minimum absolute atomic E-state index is 0.0452. The van der Waals surface area contributed by atoms with Crippen LogP contribution in [-0.2, 0) is 10.2 Å². The third-order valence-corrected chi connectivity index (χ3v) is 4.51. The van der Waals surface area contributed by atoms with Crippen LogP contribution in [0.25, 0.3) is 0 Å². The van der Waals surface area contributed by atoms with Gasteiger partial charge in [-0.25, -0.2) is 14.0 Å². The van der Waals surface area contributed by atoms with Gasteiger partial charge in [0, 0.05) is 11.4 Å². The highest BCUT2D eigenvalue weighted by molar-refractivity contribution is 5.90. The number of nitrogens with zero attached hydrogens (tertiary/aromatic N) is 1. The number of hydrogen-bond donors (Lipinski definition) is 2. The predicted octanol–water partition coefficient (Wildman–Crippen LogP) is 4.27. The SMILES string of the molecule is CC(C)(C)c1ccc(NC(=O)NC[C@H]2CN(c3ccc(F)cc3)C(=O)O2)cc1. The summed E-state index contributed by atoms with van der Waals surface area (Å²) in [4.78, 5) is 25.5. The van der Waals surface area contributed by atoms with Gasteiger partial charge in [-0.05, 0) is 47.4 Å². The second-order valence-corrected chi connectivity index (χ2v) is 7.76. The second-order valence-electron chi connectivity index (χ2n) is 7.76. The Morgan fingerprint density at radius 3 is 2.39 bits per heavy atom. The van der Waals surface area contributed by atoms with E-state index >= 15 is 0 Å². The van der Waals surface area contributed by atoms with E-state index in [1.165, 1.54) is 34.7 Å². The molecular weight excluding hydrogens is 361 g/mol. The van der Waals surface area contributed by atoms with Crippen LogP contribution in [0.5, 0.6) is 0 Å². The van der Waals surface area contributed by atoms with Crippen LogP contribution in [0, 0.1) is 5.82 Å². The van der Waals surface area contributed by atoms with Gasteiger partial charge in [-0.15, -0.1) is 0 Å². The topological polar surface area (TPSA) is 70.7 Å². The Bertz CT molecular complexity index is 845. The summed E-state index contributed by atoms with van der Waals surface area (Å²) in [5.41, 5.74) is 2.46. The number of nitrogens with one attached hydrogen (secondary N) is 2. The minimum Gasteiger partial charge on any atom is -0.442 e. The van der Waals surface area contributed by atoms with E-state index in [1.807, 2.05) is 24.3 Å². The van der Waals surface area contributed by atoms with Crippen LogP contribution < -0.4 is 15.5 Å². The van der Waals surface area contributed by atoms with Crippen molar-refractivity contribution < 1.29 is 18.7 Å². The molecule has 1 aliphatic heterocycles. The summed E-state index contributed by atoms with van der Waals surface area (Å²) < 4.78 is 18.3. The van der Waals surface area contributed by atoms with Crippen molar-refractivity contribution in [1.29, 1.82) is 0 Å². The second kappa shape index (κ2) is 7.88. The first kappa shape index (κ1) is 19.7. The molecule has 1 heterocycles. The lowest BCUT2D eigenvalue weighted by Crippen LogP contribution is -2.37. The van der Waals surface area contributed by atoms with Crippen molar-refractivity contribution in [1.82, 2.24) is 5.32 Å². The molecule has 3 amide bonds. The van der Waals surface area contributed by atoms with E-state index < -0.39 is 12.2 Å². The van der Waals surface area contributed by atoms with Crippen LogP contribution in [0.4, 0.5) is 25.4 Å². The van der Waals surface area contributed by atoms with Crippen molar-refractivity contribution in [3.05, 3.63) is 59.9 Å². The van der Waals surface area contributed by atoms with Crippen LogP contribution in [0.1, 0.15) is 26.3 Å². The van der Waals surface area contributed by atoms with Crippen molar-refractivity contribution in [2.24, 2.45) is 0 Å². The molecule has 1 fully saturated rings. The third kappa shape index (κ3) is 4.79. The summed E-state index contributed by atoms with van der Waals surface area (Å²) in [5.74, 6) is -0.373. The average Bonchev–Trinajstić information content (AvgIpc) is 3.01. The van der Waals surface area contributed by atoms with Crippen LogP contribution in [-0.4, -0.2) is 31.3 Å². The molecule has 0 saturated carbocycles. The molecule has 1 atom stereocenters. The van der Waals surface area contributed by atoms with Crippen LogP contribution in [0.2, 0.25) is 0 Å². The first-order valence-electron chi connectivity index (χ1n) is 9.11. The summed E-state index contributed by atoms with van der Waals surface area (Å²) in [6.45, 7) is 6.83. The normalized spacial score (nSPS) is 16.6. The molecule has 0 aliphatic carbocycles. The van der Waals surface area contributed by atoms with E-state index in [0.29, 0.717) is 11.4 Å². The molecule has 2 aromatic rings. The highest BCUT2D eigenvalue weighted by Gasteiger charge is 2.32. The Labute approximate surface area is 163 Å². The number of rotatable bonds is 4. The fourth-order valence-corrected chi connectivity index (χ4v) is 2.90. The quantitative estimate of drug-likeness (QED) is 0.826. The molecule has 2 N–H and O–H groups in total. The monoisotopic (exact) mass is 385 g/mol. The van der Waals surface area contributed by atoms with Gasteiger partial charge in [-0.1, -0.05) is 32.9 Å². The van der Waals surface area contributed by atoms with Gasteiger partial charge in [0.1, 0.15) is 11.9 Å². The molecule has 0 bridgehead atoms. The highest BCUT2D eigenvalue weighted by atomic mass is 19.1. The molecule has 1 saturated heterocycles. The first-order valence-corrected chi connectivity index (χ1v) is 9.11. The summed E-state index contributed by atoms with van der Waals surface area (Å²) in [5, 5.41) is 5.46. The molecule has 6 nitrogen and oxygen atoms in total. The van der Waals surface area contributed by atoms with E-state index in [4.69, 9.17) is 4.74 Å². The molecule has 0 spiro atoms. The van der Waals surface area contributed by atoms with Crippen molar-refractivity contribution in [2.45, 2.75) is 32.3 Å². The van der Waals surface area contributed by atoms with Gasteiger partial charge in [0.25, 0.3) is 0 Å². The highest BCUT2D eigenvalue weighted by Crippen LogP contribution is 2.24. The Balaban J connectivity index is 1.50. The molecule has 148 valence electrons. The number of urea groups is 1. The first-order chi connectivity index (χ1) is 13.2. The standard InChI is InChI=1S/C21H24FN3O3/c1-21(2,3)14-4-8-16(9-5-14)24-19(26)23-12-18-13-25(20(27)28-18)17-10-6-15(22)7-11-17/h4-11,18H,12-13H2,1-3H3,(H2,23,24,26)/t18-/m0/s1. The number of carbonyl (C=O) groups is 2. The number of cyclic esters (lactones) is 1. The maximum atomic E-state index is 13.0. The summed E-state index contributed by atoms with van der Waals surface area (Å²) in [6, 6.07) is 12.9. The summed E-state index contributed by atoms with van der Waals surface area (Å²) in [6.07, 6.45) is -0.997. The smallest absolute Gasteiger partial charge is 0.414 e. The van der Waals surface area contributed by atoms with E-state index in [9.17, 15) is 14.0 Å². The Hall–Kier alpha value is -3.09. The maximum absolute atomic E-state index is 13.0.